The van der Waals surface area contributed by atoms with Gasteiger partial charge in [-0.05, 0) is 38.5 Å². The van der Waals surface area contributed by atoms with Gasteiger partial charge in [0.25, 0.3) is 0 Å². The van der Waals surface area contributed by atoms with Crippen LogP contribution >= 0.6 is 0 Å². The zero-order valence-corrected chi connectivity index (χ0v) is 12.4. The van der Waals surface area contributed by atoms with Crippen molar-refractivity contribution in [2.24, 2.45) is 5.92 Å². The van der Waals surface area contributed by atoms with E-state index in [2.05, 4.69) is 27.4 Å². The van der Waals surface area contributed by atoms with E-state index in [1.54, 1.807) is 13.0 Å². The standard InChI is InChI=1S/C14H21N5O2/c1-9-3-5-14(21,6-4-9)8-15-11-7-12-17-18-13(20)19(12)10(2)16-11/h7,9,15,21H,3-6,8H2,1-2H3,(H,18,20). The molecule has 0 saturated heterocycles. The second-order valence-electron chi connectivity index (χ2n) is 6.17. The summed E-state index contributed by atoms with van der Waals surface area (Å²) < 4.78 is 1.42. The highest BCUT2D eigenvalue weighted by molar-refractivity contribution is 5.49. The van der Waals surface area contributed by atoms with Gasteiger partial charge in [-0.25, -0.2) is 19.3 Å². The number of hydrogen-bond acceptors (Lipinski definition) is 5. The first-order valence-electron chi connectivity index (χ1n) is 7.38. The minimum absolute atomic E-state index is 0.290. The van der Waals surface area contributed by atoms with E-state index >= 15 is 0 Å². The summed E-state index contributed by atoms with van der Waals surface area (Å²) in [5.41, 5.74) is -0.430. The summed E-state index contributed by atoms with van der Waals surface area (Å²) in [6.45, 7) is 4.45. The molecule has 0 amide bonds. The van der Waals surface area contributed by atoms with Crippen molar-refractivity contribution < 1.29 is 5.11 Å². The van der Waals surface area contributed by atoms with Gasteiger partial charge in [0.15, 0.2) is 5.65 Å². The number of hydrogen-bond donors (Lipinski definition) is 3. The highest BCUT2D eigenvalue weighted by atomic mass is 16.3. The van der Waals surface area contributed by atoms with E-state index in [4.69, 9.17) is 0 Å². The van der Waals surface area contributed by atoms with Crippen LogP contribution in [0.4, 0.5) is 5.82 Å². The number of aliphatic hydroxyl groups is 1. The summed E-state index contributed by atoms with van der Waals surface area (Å²) in [6, 6.07) is 1.71. The van der Waals surface area contributed by atoms with Gasteiger partial charge in [-0.3, -0.25) is 0 Å². The Bertz CT molecular complexity index is 697. The topological polar surface area (TPSA) is 95.3 Å². The second-order valence-corrected chi connectivity index (χ2v) is 6.17. The molecule has 0 bridgehead atoms. The van der Waals surface area contributed by atoms with Crippen molar-refractivity contribution >= 4 is 11.5 Å². The van der Waals surface area contributed by atoms with E-state index in [0.29, 0.717) is 29.8 Å². The van der Waals surface area contributed by atoms with Crippen LogP contribution < -0.4 is 11.0 Å². The van der Waals surface area contributed by atoms with Crippen LogP contribution in [0.3, 0.4) is 0 Å². The Hall–Kier alpha value is -1.89. The van der Waals surface area contributed by atoms with Crippen LogP contribution in [0.25, 0.3) is 5.65 Å². The molecule has 0 atom stereocenters. The monoisotopic (exact) mass is 291 g/mol. The second kappa shape index (κ2) is 5.14. The van der Waals surface area contributed by atoms with E-state index in [1.807, 2.05) is 0 Å². The number of aromatic amines is 1. The molecule has 2 aromatic heterocycles. The maximum atomic E-state index is 11.5. The molecule has 0 aliphatic heterocycles. The summed E-state index contributed by atoms with van der Waals surface area (Å²) >= 11 is 0. The first-order valence-corrected chi connectivity index (χ1v) is 7.38. The van der Waals surface area contributed by atoms with Crippen LogP contribution in [0, 0.1) is 12.8 Å². The van der Waals surface area contributed by atoms with Gasteiger partial charge in [0.1, 0.15) is 11.6 Å². The molecule has 2 aromatic rings. The Morgan fingerprint density at radius 1 is 1.52 bits per heavy atom. The Morgan fingerprint density at radius 2 is 2.24 bits per heavy atom. The highest BCUT2D eigenvalue weighted by Gasteiger charge is 2.31. The molecule has 0 unspecified atom stereocenters. The highest BCUT2D eigenvalue weighted by Crippen LogP contribution is 2.31. The molecule has 1 aliphatic carbocycles. The third-order valence-electron chi connectivity index (χ3n) is 4.37. The molecule has 1 saturated carbocycles. The smallest absolute Gasteiger partial charge is 0.349 e. The molecule has 1 aliphatic rings. The summed E-state index contributed by atoms with van der Waals surface area (Å²) in [5.74, 6) is 1.89. The predicted octanol–water partition coefficient (Wildman–Crippen LogP) is 1.08. The fourth-order valence-corrected chi connectivity index (χ4v) is 2.92. The van der Waals surface area contributed by atoms with Crippen LogP contribution in [0.5, 0.6) is 0 Å². The summed E-state index contributed by atoms with van der Waals surface area (Å²) in [5, 5.41) is 20.1. The fourth-order valence-electron chi connectivity index (χ4n) is 2.92. The lowest BCUT2D eigenvalue weighted by molar-refractivity contribution is 0.00494. The Kier molecular flexibility index (Phi) is 3.44. The molecule has 7 heteroatoms. The van der Waals surface area contributed by atoms with E-state index < -0.39 is 5.60 Å². The Morgan fingerprint density at radius 3 is 2.95 bits per heavy atom. The molecule has 0 radical (unpaired) electrons. The number of fused-ring (bicyclic) bond motifs is 1. The number of aryl methyl sites for hydroxylation is 1. The van der Waals surface area contributed by atoms with Gasteiger partial charge in [-0.15, -0.1) is 0 Å². The van der Waals surface area contributed by atoms with Gasteiger partial charge in [-0.1, -0.05) is 6.92 Å². The summed E-state index contributed by atoms with van der Waals surface area (Å²) in [7, 11) is 0. The number of rotatable bonds is 3. The van der Waals surface area contributed by atoms with Gasteiger partial charge in [0.05, 0.1) is 5.60 Å². The normalized spacial score (nSPS) is 26.1. The molecule has 1 fully saturated rings. The molecule has 2 heterocycles. The zero-order valence-electron chi connectivity index (χ0n) is 12.4. The molecule has 7 nitrogen and oxygen atoms in total. The van der Waals surface area contributed by atoms with Crippen molar-refractivity contribution in [3.05, 3.63) is 22.4 Å². The first kappa shape index (κ1) is 14.1. The maximum absolute atomic E-state index is 11.5. The van der Waals surface area contributed by atoms with Gasteiger partial charge in [0, 0.05) is 12.6 Å². The van der Waals surface area contributed by atoms with Crippen molar-refractivity contribution in [3.63, 3.8) is 0 Å². The number of nitrogens with one attached hydrogen (secondary N) is 2. The van der Waals surface area contributed by atoms with Gasteiger partial charge < -0.3 is 10.4 Å². The Labute approximate surface area is 122 Å². The molecule has 3 N–H and O–H groups in total. The van der Waals surface area contributed by atoms with E-state index in [9.17, 15) is 9.90 Å². The fraction of sp³-hybridized carbons (Fsp3) is 0.643. The third-order valence-corrected chi connectivity index (χ3v) is 4.37. The van der Waals surface area contributed by atoms with Crippen molar-refractivity contribution in [1.82, 2.24) is 19.6 Å². The molecule has 3 rings (SSSR count). The van der Waals surface area contributed by atoms with Gasteiger partial charge in [0.2, 0.25) is 0 Å². The summed E-state index contributed by atoms with van der Waals surface area (Å²) in [4.78, 5) is 15.9. The summed E-state index contributed by atoms with van der Waals surface area (Å²) in [6.07, 6.45) is 3.73. The van der Waals surface area contributed by atoms with Gasteiger partial charge >= 0.3 is 5.69 Å². The SMILES string of the molecule is Cc1nc(NCC2(O)CCC(C)CC2)cc2n[nH]c(=O)n12. The number of H-pyrrole nitrogens is 1. The molecular weight excluding hydrogens is 270 g/mol. The van der Waals surface area contributed by atoms with Crippen molar-refractivity contribution in [3.8, 4) is 0 Å². The quantitative estimate of drug-likeness (QED) is 0.786. The molecule has 0 spiro atoms. The van der Waals surface area contributed by atoms with Crippen LogP contribution in [0.15, 0.2) is 10.9 Å². The average Bonchev–Trinajstić information content (AvgIpc) is 2.82. The number of aromatic nitrogens is 4. The maximum Gasteiger partial charge on any atom is 0.349 e. The zero-order chi connectivity index (χ0) is 15.0. The van der Waals surface area contributed by atoms with E-state index in [0.717, 1.165) is 25.7 Å². The van der Waals surface area contributed by atoms with Crippen molar-refractivity contribution in [2.45, 2.75) is 45.1 Å². The Balaban J connectivity index is 1.75. The first-order chi connectivity index (χ1) is 9.97. The predicted molar refractivity (Wildman–Crippen MR) is 79.4 cm³/mol. The van der Waals surface area contributed by atoms with E-state index in [-0.39, 0.29) is 5.69 Å². The van der Waals surface area contributed by atoms with Crippen LogP contribution in [0.2, 0.25) is 0 Å². The lowest BCUT2D eigenvalue weighted by Crippen LogP contribution is -2.40. The van der Waals surface area contributed by atoms with Crippen LogP contribution in [-0.4, -0.2) is 36.8 Å². The number of nitrogens with zero attached hydrogens (tertiary/aromatic N) is 3. The average molecular weight is 291 g/mol. The minimum atomic E-state index is -0.667. The molecule has 0 aromatic carbocycles. The van der Waals surface area contributed by atoms with Crippen molar-refractivity contribution in [1.29, 1.82) is 0 Å². The van der Waals surface area contributed by atoms with Gasteiger partial charge in [-0.2, -0.15) is 5.10 Å². The molecule has 21 heavy (non-hydrogen) atoms. The molecular formula is C14H21N5O2. The lowest BCUT2D eigenvalue weighted by Gasteiger charge is -2.35. The third kappa shape index (κ3) is 2.78. The van der Waals surface area contributed by atoms with Crippen LogP contribution in [0.1, 0.15) is 38.4 Å². The lowest BCUT2D eigenvalue weighted by atomic mass is 9.79. The van der Waals surface area contributed by atoms with E-state index in [1.165, 1.54) is 4.40 Å². The molecule has 114 valence electrons. The largest absolute Gasteiger partial charge is 0.388 e. The number of anilines is 1. The minimum Gasteiger partial charge on any atom is -0.388 e. The van der Waals surface area contributed by atoms with Crippen LogP contribution in [-0.2, 0) is 0 Å². The van der Waals surface area contributed by atoms with Crippen molar-refractivity contribution in [2.75, 3.05) is 11.9 Å².